The molecule has 1 unspecified atom stereocenters. The Balaban J connectivity index is 1.61. The summed E-state index contributed by atoms with van der Waals surface area (Å²) in [5, 5.41) is 10.5. The maximum Gasteiger partial charge on any atom is 0.192 e. The zero-order valence-corrected chi connectivity index (χ0v) is 13.9. The van der Waals surface area contributed by atoms with Crippen LogP contribution >= 0.6 is 0 Å². The van der Waals surface area contributed by atoms with Gasteiger partial charge in [0, 0.05) is 17.6 Å². The molecular formula is C22H20O3. The summed E-state index contributed by atoms with van der Waals surface area (Å²) in [6.45, 7) is 4.01. The van der Waals surface area contributed by atoms with E-state index in [2.05, 4.69) is 6.58 Å². The van der Waals surface area contributed by atoms with Gasteiger partial charge in [-0.05, 0) is 17.2 Å². The second-order valence-corrected chi connectivity index (χ2v) is 5.97. The van der Waals surface area contributed by atoms with Gasteiger partial charge in [0.25, 0.3) is 0 Å². The number of aliphatic hydroxyl groups is 1. The molecule has 3 heteroatoms. The van der Waals surface area contributed by atoms with Crippen LogP contribution in [0.15, 0.2) is 85.0 Å². The molecule has 1 atom stereocenters. The zero-order chi connectivity index (χ0) is 17.7. The standard InChI is InChI=1S/C22H20O3/c1-2-17-8-10-18(11-9-17)16-25-22(24)14-12-20(13-15-22)21(23)19-6-4-3-5-7-19/h2-14,24H,1,15-16H2. The van der Waals surface area contributed by atoms with Crippen molar-refractivity contribution in [2.75, 3.05) is 0 Å². The van der Waals surface area contributed by atoms with Crippen LogP contribution in [-0.2, 0) is 11.3 Å². The molecule has 126 valence electrons. The summed E-state index contributed by atoms with van der Waals surface area (Å²) in [6, 6.07) is 16.9. The molecule has 0 aliphatic heterocycles. The minimum Gasteiger partial charge on any atom is -0.362 e. The van der Waals surface area contributed by atoms with Crippen molar-refractivity contribution in [2.45, 2.75) is 18.8 Å². The van der Waals surface area contributed by atoms with Crippen LogP contribution in [0.4, 0.5) is 0 Å². The Morgan fingerprint density at radius 1 is 1.16 bits per heavy atom. The minimum absolute atomic E-state index is 0.0566. The van der Waals surface area contributed by atoms with Gasteiger partial charge in [-0.3, -0.25) is 4.79 Å². The van der Waals surface area contributed by atoms with E-state index in [0.29, 0.717) is 11.1 Å². The van der Waals surface area contributed by atoms with Crippen molar-refractivity contribution in [2.24, 2.45) is 0 Å². The monoisotopic (exact) mass is 332 g/mol. The molecule has 0 radical (unpaired) electrons. The predicted octanol–water partition coefficient (Wildman–Crippen LogP) is 4.30. The Bertz CT molecular complexity index is 816. The highest BCUT2D eigenvalue weighted by Crippen LogP contribution is 2.25. The summed E-state index contributed by atoms with van der Waals surface area (Å²) >= 11 is 0. The molecule has 0 saturated heterocycles. The van der Waals surface area contributed by atoms with Crippen molar-refractivity contribution in [3.8, 4) is 0 Å². The highest BCUT2D eigenvalue weighted by molar-refractivity contribution is 6.10. The molecule has 3 nitrogen and oxygen atoms in total. The number of rotatable bonds is 6. The molecular weight excluding hydrogens is 312 g/mol. The summed E-state index contributed by atoms with van der Waals surface area (Å²) in [6.07, 6.45) is 6.90. The van der Waals surface area contributed by atoms with Crippen molar-refractivity contribution >= 4 is 11.9 Å². The Labute approximate surface area is 147 Å². The fraction of sp³-hybridized carbons (Fsp3) is 0.136. The number of hydrogen-bond acceptors (Lipinski definition) is 3. The molecule has 2 aromatic carbocycles. The van der Waals surface area contributed by atoms with Crippen LogP contribution in [0.25, 0.3) is 6.08 Å². The third-order valence-corrected chi connectivity index (χ3v) is 4.14. The molecule has 0 bridgehead atoms. The van der Waals surface area contributed by atoms with E-state index < -0.39 is 5.79 Å². The van der Waals surface area contributed by atoms with Crippen molar-refractivity contribution in [3.63, 3.8) is 0 Å². The molecule has 0 aromatic heterocycles. The first-order valence-electron chi connectivity index (χ1n) is 8.16. The number of carbonyl (C=O) groups excluding carboxylic acids is 1. The fourth-order valence-electron chi connectivity index (χ4n) is 2.60. The lowest BCUT2D eigenvalue weighted by atomic mass is 9.95. The molecule has 1 N–H and O–H groups in total. The van der Waals surface area contributed by atoms with Gasteiger partial charge in [0.05, 0.1) is 6.61 Å². The second kappa shape index (κ2) is 7.43. The van der Waals surface area contributed by atoms with Crippen LogP contribution in [0.3, 0.4) is 0 Å². The number of benzene rings is 2. The smallest absolute Gasteiger partial charge is 0.192 e. The van der Waals surface area contributed by atoms with Crippen molar-refractivity contribution in [1.82, 2.24) is 0 Å². The van der Waals surface area contributed by atoms with E-state index in [1.165, 1.54) is 0 Å². The van der Waals surface area contributed by atoms with Crippen LogP contribution in [0.2, 0.25) is 0 Å². The van der Waals surface area contributed by atoms with Crippen LogP contribution in [0, 0.1) is 0 Å². The van der Waals surface area contributed by atoms with Gasteiger partial charge >= 0.3 is 0 Å². The summed E-state index contributed by atoms with van der Waals surface area (Å²) in [5.74, 6) is -1.45. The van der Waals surface area contributed by atoms with Gasteiger partial charge in [-0.2, -0.15) is 0 Å². The summed E-state index contributed by atoms with van der Waals surface area (Å²) in [4.78, 5) is 12.4. The van der Waals surface area contributed by atoms with Crippen LogP contribution in [0.1, 0.15) is 27.9 Å². The Kier molecular flexibility index (Phi) is 5.08. The topological polar surface area (TPSA) is 46.5 Å². The summed E-state index contributed by atoms with van der Waals surface area (Å²) in [7, 11) is 0. The quantitative estimate of drug-likeness (QED) is 0.633. The Morgan fingerprint density at radius 3 is 2.48 bits per heavy atom. The highest BCUT2D eigenvalue weighted by Gasteiger charge is 2.27. The first kappa shape index (κ1) is 17.1. The second-order valence-electron chi connectivity index (χ2n) is 5.97. The third-order valence-electron chi connectivity index (χ3n) is 4.14. The number of ether oxygens (including phenoxy) is 1. The number of hydrogen-bond donors (Lipinski definition) is 1. The Morgan fingerprint density at radius 2 is 1.88 bits per heavy atom. The first-order chi connectivity index (χ1) is 12.1. The van der Waals surface area contributed by atoms with Crippen molar-refractivity contribution in [3.05, 3.63) is 102 Å². The van der Waals surface area contributed by atoms with Gasteiger partial charge in [0.1, 0.15) is 0 Å². The van der Waals surface area contributed by atoms with Crippen LogP contribution in [0.5, 0.6) is 0 Å². The average Bonchev–Trinajstić information content (AvgIpc) is 2.68. The molecule has 1 aliphatic rings. The molecule has 0 spiro atoms. The average molecular weight is 332 g/mol. The number of Topliss-reactive ketones (excluding diaryl/α,β-unsaturated/α-hetero) is 1. The van der Waals surface area contributed by atoms with Crippen molar-refractivity contribution in [1.29, 1.82) is 0 Å². The number of carbonyl (C=O) groups is 1. The highest BCUT2D eigenvalue weighted by atomic mass is 16.6. The van der Waals surface area contributed by atoms with Gasteiger partial charge in [-0.1, -0.05) is 79.4 Å². The van der Waals surface area contributed by atoms with E-state index in [1.54, 1.807) is 36.4 Å². The minimum atomic E-state index is -1.39. The molecule has 0 saturated carbocycles. The Hall–Kier alpha value is -2.75. The zero-order valence-electron chi connectivity index (χ0n) is 13.9. The molecule has 0 amide bonds. The van der Waals surface area contributed by atoms with Crippen molar-refractivity contribution < 1.29 is 14.6 Å². The van der Waals surface area contributed by atoms with E-state index >= 15 is 0 Å². The van der Waals surface area contributed by atoms with Crippen LogP contribution < -0.4 is 0 Å². The van der Waals surface area contributed by atoms with Gasteiger partial charge in [0.2, 0.25) is 0 Å². The lowest BCUT2D eigenvalue weighted by molar-refractivity contribution is -0.172. The number of ketones is 1. The maximum atomic E-state index is 12.4. The fourth-order valence-corrected chi connectivity index (χ4v) is 2.60. The molecule has 0 heterocycles. The lowest BCUT2D eigenvalue weighted by Gasteiger charge is -2.26. The van der Waals surface area contributed by atoms with E-state index in [1.807, 2.05) is 42.5 Å². The normalized spacial score (nSPS) is 19.3. The van der Waals surface area contributed by atoms with Gasteiger partial charge < -0.3 is 9.84 Å². The van der Waals surface area contributed by atoms with Gasteiger partial charge in [-0.25, -0.2) is 0 Å². The van der Waals surface area contributed by atoms with Gasteiger partial charge in [-0.15, -0.1) is 0 Å². The molecule has 2 aromatic rings. The molecule has 3 rings (SSSR count). The molecule has 25 heavy (non-hydrogen) atoms. The third kappa shape index (κ3) is 4.21. The first-order valence-corrected chi connectivity index (χ1v) is 8.16. The SMILES string of the molecule is C=Cc1ccc(COC2(O)C=CC(C(=O)c3ccccc3)=CC2)cc1. The van der Waals surface area contributed by atoms with Crippen LogP contribution in [-0.4, -0.2) is 16.7 Å². The lowest BCUT2D eigenvalue weighted by Crippen LogP contribution is -2.31. The van der Waals surface area contributed by atoms with Gasteiger partial charge in [0.15, 0.2) is 11.6 Å². The number of allylic oxidation sites excluding steroid dienone is 2. The molecule has 0 fully saturated rings. The van der Waals surface area contributed by atoms with E-state index in [-0.39, 0.29) is 18.8 Å². The summed E-state index contributed by atoms with van der Waals surface area (Å²) < 4.78 is 5.65. The van der Waals surface area contributed by atoms with E-state index in [4.69, 9.17) is 4.74 Å². The summed E-state index contributed by atoms with van der Waals surface area (Å²) in [5.41, 5.74) is 3.19. The predicted molar refractivity (Wildman–Crippen MR) is 98.9 cm³/mol. The largest absolute Gasteiger partial charge is 0.362 e. The maximum absolute atomic E-state index is 12.4. The van der Waals surface area contributed by atoms with E-state index in [9.17, 15) is 9.90 Å². The molecule has 1 aliphatic carbocycles. The van der Waals surface area contributed by atoms with E-state index in [0.717, 1.165) is 11.1 Å².